The molecule has 0 atom stereocenters. The first-order valence-corrected chi connectivity index (χ1v) is 9.75. The lowest BCUT2D eigenvalue weighted by Crippen LogP contribution is -2.48. The smallest absolute Gasteiger partial charge is 0.226 e. The van der Waals surface area contributed by atoms with Crippen LogP contribution in [0.2, 0.25) is 0 Å². The number of nitrogens with zero attached hydrogens (tertiary/aromatic N) is 3. The Kier molecular flexibility index (Phi) is 4.92. The number of carbonyl (C=O) groups excluding carboxylic acids is 2. The molecule has 1 aromatic carbocycles. The van der Waals surface area contributed by atoms with Gasteiger partial charge in [-0.25, -0.2) is 0 Å². The maximum Gasteiger partial charge on any atom is 0.226 e. The highest BCUT2D eigenvalue weighted by molar-refractivity contribution is 5.95. The molecule has 0 saturated carbocycles. The monoisotopic (exact) mass is 363 g/mol. The third-order valence-electron chi connectivity index (χ3n) is 5.66. The zero-order chi connectivity index (χ0) is 18.8. The highest BCUT2D eigenvalue weighted by Crippen LogP contribution is 2.34. The minimum absolute atomic E-state index is 0.190. The predicted molar refractivity (Wildman–Crippen MR) is 105 cm³/mol. The fourth-order valence-electron chi connectivity index (χ4n) is 3.97. The van der Waals surface area contributed by atoms with Gasteiger partial charge in [0.2, 0.25) is 11.8 Å². The molecule has 5 heteroatoms. The Morgan fingerprint density at radius 3 is 2.78 bits per heavy atom. The van der Waals surface area contributed by atoms with Gasteiger partial charge in [-0.15, -0.1) is 0 Å². The molecule has 1 aromatic heterocycles. The molecule has 140 valence electrons. The summed E-state index contributed by atoms with van der Waals surface area (Å²) in [5.74, 6) is 0.820. The number of anilines is 1. The summed E-state index contributed by atoms with van der Waals surface area (Å²) in [5.41, 5.74) is 4.72. The summed E-state index contributed by atoms with van der Waals surface area (Å²) in [5, 5.41) is 0. The summed E-state index contributed by atoms with van der Waals surface area (Å²) >= 11 is 0. The van der Waals surface area contributed by atoms with Crippen LogP contribution in [0.15, 0.2) is 42.7 Å². The molecule has 5 nitrogen and oxygen atoms in total. The van der Waals surface area contributed by atoms with E-state index in [4.69, 9.17) is 0 Å². The van der Waals surface area contributed by atoms with Crippen LogP contribution in [0.5, 0.6) is 0 Å². The fraction of sp³-hybridized carbons (Fsp3) is 0.409. The number of aryl methyl sites for hydroxylation is 1. The molecule has 0 N–H and O–H groups in total. The molecule has 2 aliphatic rings. The normalized spacial score (nSPS) is 16.2. The zero-order valence-electron chi connectivity index (χ0n) is 15.7. The predicted octanol–water partition coefficient (Wildman–Crippen LogP) is 2.94. The van der Waals surface area contributed by atoms with Gasteiger partial charge in [-0.1, -0.05) is 25.1 Å². The topological polar surface area (TPSA) is 53.5 Å². The van der Waals surface area contributed by atoms with Gasteiger partial charge in [-0.05, 0) is 41.7 Å². The summed E-state index contributed by atoms with van der Waals surface area (Å²) in [4.78, 5) is 32.3. The summed E-state index contributed by atoms with van der Waals surface area (Å²) in [6.07, 6.45) is 6.32. The van der Waals surface area contributed by atoms with Crippen LogP contribution in [0.3, 0.4) is 0 Å². The maximum absolute atomic E-state index is 12.4. The van der Waals surface area contributed by atoms with E-state index in [1.165, 1.54) is 11.1 Å². The van der Waals surface area contributed by atoms with Crippen LogP contribution in [0.1, 0.15) is 42.4 Å². The van der Waals surface area contributed by atoms with Crippen LogP contribution in [0.25, 0.3) is 0 Å². The van der Waals surface area contributed by atoms with Crippen molar-refractivity contribution in [1.29, 1.82) is 0 Å². The lowest BCUT2D eigenvalue weighted by atomic mass is 9.89. The molecular weight excluding hydrogens is 338 g/mol. The van der Waals surface area contributed by atoms with Gasteiger partial charge in [-0.2, -0.15) is 0 Å². The molecule has 0 unspecified atom stereocenters. The zero-order valence-corrected chi connectivity index (χ0v) is 15.7. The molecular formula is C22H25N3O2. The molecule has 2 amide bonds. The number of amides is 2. The average Bonchev–Trinajstić information content (AvgIpc) is 3.09. The molecule has 1 fully saturated rings. The van der Waals surface area contributed by atoms with Crippen LogP contribution in [0.4, 0.5) is 5.69 Å². The minimum Gasteiger partial charge on any atom is -0.341 e. The number of aromatic nitrogens is 1. The number of hydrogen-bond acceptors (Lipinski definition) is 3. The number of carbonyl (C=O) groups is 2. The van der Waals surface area contributed by atoms with Crippen molar-refractivity contribution in [1.82, 2.24) is 9.88 Å². The van der Waals surface area contributed by atoms with E-state index in [1.54, 1.807) is 6.20 Å². The van der Waals surface area contributed by atoms with Crippen molar-refractivity contribution in [3.8, 4) is 0 Å². The molecule has 3 heterocycles. The first-order valence-electron chi connectivity index (χ1n) is 9.75. The molecule has 0 aliphatic carbocycles. The van der Waals surface area contributed by atoms with Crippen molar-refractivity contribution in [2.24, 2.45) is 0 Å². The van der Waals surface area contributed by atoms with Crippen LogP contribution in [-0.2, 0) is 22.4 Å². The summed E-state index contributed by atoms with van der Waals surface area (Å²) in [6.45, 7) is 4.28. The molecule has 1 saturated heterocycles. The quantitative estimate of drug-likeness (QED) is 0.821. The third-order valence-corrected chi connectivity index (χ3v) is 5.66. The lowest BCUT2D eigenvalue weighted by molar-refractivity contribution is -0.135. The van der Waals surface area contributed by atoms with Crippen molar-refractivity contribution in [2.45, 2.75) is 38.5 Å². The van der Waals surface area contributed by atoms with Crippen LogP contribution < -0.4 is 4.90 Å². The number of benzene rings is 1. The fourth-order valence-corrected chi connectivity index (χ4v) is 3.97. The van der Waals surface area contributed by atoms with Gasteiger partial charge < -0.3 is 9.80 Å². The van der Waals surface area contributed by atoms with Crippen molar-refractivity contribution in [2.75, 3.05) is 24.5 Å². The van der Waals surface area contributed by atoms with Gasteiger partial charge in [0.15, 0.2) is 0 Å². The second-order valence-electron chi connectivity index (χ2n) is 7.39. The number of likely N-dealkylation sites (tertiary alicyclic amines) is 1. The van der Waals surface area contributed by atoms with Gasteiger partial charge in [0.05, 0.1) is 0 Å². The molecule has 2 aromatic rings. The van der Waals surface area contributed by atoms with Crippen molar-refractivity contribution >= 4 is 17.5 Å². The standard InChI is InChI=1S/C22H25N3O2/c1-2-21(26)25-11-9-18-12-17(6-7-20(18)25)19-14-24(15-19)22(27)8-5-16-4-3-10-23-13-16/h3-4,6-7,10,12-13,19H,2,5,8-9,11,14-15H2,1H3. The molecule has 2 aliphatic heterocycles. The Bertz CT molecular complexity index is 844. The van der Waals surface area contributed by atoms with E-state index in [0.29, 0.717) is 18.8 Å². The summed E-state index contributed by atoms with van der Waals surface area (Å²) in [6, 6.07) is 10.4. The summed E-state index contributed by atoms with van der Waals surface area (Å²) in [7, 11) is 0. The van der Waals surface area contributed by atoms with E-state index in [1.807, 2.05) is 35.1 Å². The maximum atomic E-state index is 12.4. The largest absolute Gasteiger partial charge is 0.341 e. The molecule has 0 radical (unpaired) electrons. The second-order valence-corrected chi connectivity index (χ2v) is 7.39. The van der Waals surface area contributed by atoms with Crippen LogP contribution in [-0.4, -0.2) is 41.3 Å². The number of hydrogen-bond donors (Lipinski definition) is 0. The first-order chi connectivity index (χ1) is 13.2. The van der Waals surface area contributed by atoms with Gasteiger partial charge in [-0.3, -0.25) is 14.6 Å². The van der Waals surface area contributed by atoms with Gasteiger partial charge >= 0.3 is 0 Å². The Hall–Kier alpha value is -2.69. The molecule has 4 rings (SSSR count). The Balaban J connectivity index is 1.32. The first kappa shape index (κ1) is 17.7. The molecule has 0 bridgehead atoms. The molecule has 27 heavy (non-hydrogen) atoms. The van der Waals surface area contributed by atoms with Crippen molar-refractivity contribution in [3.05, 3.63) is 59.4 Å². The highest BCUT2D eigenvalue weighted by Gasteiger charge is 2.32. The van der Waals surface area contributed by atoms with E-state index in [2.05, 4.69) is 23.2 Å². The van der Waals surface area contributed by atoms with E-state index in [0.717, 1.165) is 43.7 Å². The number of fused-ring (bicyclic) bond motifs is 1. The second kappa shape index (κ2) is 7.51. The highest BCUT2D eigenvalue weighted by atomic mass is 16.2. The van der Waals surface area contributed by atoms with Crippen LogP contribution in [0, 0.1) is 0 Å². The van der Waals surface area contributed by atoms with Crippen LogP contribution >= 0.6 is 0 Å². The minimum atomic E-state index is 0.190. The Labute approximate surface area is 160 Å². The average molecular weight is 363 g/mol. The van der Waals surface area contributed by atoms with Crippen molar-refractivity contribution < 1.29 is 9.59 Å². The summed E-state index contributed by atoms with van der Waals surface area (Å²) < 4.78 is 0. The SMILES string of the molecule is CCC(=O)N1CCc2cc(C3CN(C(=O)CCc4cccnc4)C3)ccc21. The lowest BCUT2D eigenvalue weighted by Gasteiger charge is -2.40. The third kappa shape index (κ3) is 3.59. The Morgan fingerprint density at radius 2 is 2.04 bits per heavy atom. The Morgan fingerprint density at radius 1 is 1.19 bits per heavy atom. The van der Waals surface area contributed by atoms with Gasteiger partial charge in [0.25, 0.3) is 0 Å². The van der Waals surface area contributed by atoms with Crippen molar-refractivity contribution in [3.63, 3.8) is 0 Å². The van der Waals surface area contributed by atoms with Gasteiger partial charge in [0, 0.05) is 56.5 Å². The van der Waals surface area contributed by atoms with E-state index in [9.17, 15) is 9.59 Å². The van der Waals surface area contributed by atoms with Gasteiger partial charge in [0.1, 0.15) is 0 Å². The van der Waals surface area contributed by atoms with E-state index < -0.39 is 0 Å². The van der Waals surface area contributed by atoms with E-state index >= 15 is 0 Å². The number of pyridine rings is 1. The number of rotatable bonds is 5. The molecule has 0 spiro atoms. The van der Waals surface area contributed by atoms with E-state index in [-0.39, 0.29) is 11.8 Å².